The summed E-state index contributed by atoms with van der Waals surface area (Å²) in [5.74, 6) is 0.696. The molecule has 0 amide bonds. The Morgan fingerprint density at radius 1 is 1.23 bits per heavy atom. The van der Waals surface area contributed by atoms with Crippen molar-refractivity contribution >= 4 is 6.29 Å². The standard InChI is InChI=1S/C12H22O/c1-3-9-12(4-2)10-7-5-6-8-11-13/h4,11-12H,2-3,5-10H2,1H3. The van der Waals surface area contributed by atoms with Crippen LogP contribution in [0.2, 0.25) is 0 Å². The van der Waals surface area contributed by atoms with Crippen LogP contribution in [0.15, 0.2) is 12.7 Å². The molecule has 0 aromatic rings. The van der Waals surface area contributed by atoms with E-state index in [1.54, 1.807) is 0 Å². The van der Waals surface area contributed by atoms with Gasteiger partial charge in [0.25, 0.3) is 0 Å². The van der Waals surface area contributed by atoms with Gasteiger partial charge >= 0.3 is 0 Å². The molecule has 0 fully saturated rings. The van der Waals surface area contributed by atoms with Gasteiger partial charge in [0.1, 0.15) is 6.29 Å². The first-order valence-corrected chi connectivity index (χ1v) is 5.41. The van der Waals surface area contributed by atoms with E-state index in [4.69, 9.17) is 0 Å². The summed E-state index contributed by atoms with van der Waals surface area (Å²) in [6, 6.07) is 0. The first kappa shape index (κ1) is 12.4. The summed E-state index contributed by atoms with van der Waals surface area (Å²) in [4.78, 5) is 10.0. The highest BCUT2D eigenvalue weighted by atomic mass is 16.1. The van der Waals surface area contributed by atoms with E-state index in [0.29, 0.717) is 5.92 Å². The highest BCUT2D eigenvalue weighted by molar-refractivity contribution is 5.48. The molecule has 1 unspecified atom stereocenters. The zero-order valence-electron chi connectivity index (χ0n) is 8.80. The van der Waals surface area contributed by atoms with Crippen LogP contribution >= 0.6 is 0 Å². The molecule has 0 bridgehead atoms. The Balaban J connectivity index is 3.27. The van der Waals surface area contributed by atoms with E-state index < -0.39 is 0 Å². The van der Waals surface area contributed by atoms with E-state index >= 15 is 0 Å². The Morgan fingerprint density at radius 3 is 2.54 bits per heavy atom. The maximum atomic E-state index is 10.0. The lowest BCUT2D eigenvalue weighted by atomic mass is 9.96. The van der Waals surface area contributed by atoms with E-state index in [2.05, 4.69) is 19.6 Å². The van der Waals surface area contributed by atoms with Crippen LogP contribution in [0.25, 0.3) is 0 Å². The van der Waals surface area contributed by atoms with Gasteiger partial charge < -0.3 is 4.79 Å². The Morgan fingerprint density at radius 2 is 2.00 bits per heavy atom. The molecule has 0 aromatic carbocycles. The number of aldehydes is 1. The molecule has 1 atom stereocenters. The average molecular weight is 182 g/mol. The van der Waals surface area contributed by atoms with Gasteiger partial charge in [-0.2, -0.15) is 0 Å². The molecule has 0 N–H and O–H groups in total. The molecular formula is C12H22O. The van der Waals surface area contributed by atoms with Crippen LogP contribution in [0.4, 0.5) is 0 Å². The summed E-state index contributed by atoms with van der Waals surface area (Å²) in [5, 5.41) is 0. The zero-order chi connectivity index (χ0) is 9.94. The van der Waals surface area contributed by atoms with Crippen molar-refractivity contribution in [2.75, 3.05) is 0 Å². The summed E-state index contributed by atoms with van der Waals surface area (Å²) in [6.45, 7) is 6.05. The van der Waals surface area contributed by atoms with Gasteiger partial charge in [0.05, 0.1) is 0 Å². The second kappa shape index (κ2) is 9.50. The monoisotopic (exact) mass is 182 g/mol. The second-order valence-corrected chi connectivity index (χ2v) is 3.59. The van der Waals surface area contributed by atoms with Crippen molar-refractivity contribution < 1.29 is 4.79 Å². The molecule has 0 radical (unpaired) electrons. The van der Waals surface area contributed by atoms with Gasteiger partial charge in [-0.25, -0.2) is 0 Å². The maximum absolute atomic E-state index is 10.0. The molecule has 0 aromatic heterocycles. The lowest BCUT2D eigenvalue weighted by Gasteiger charge is -2.09. The van der Waals surface area contributed by atoms with Crippen LogP contribution in [0.5, 0.6) is 0 Å². The molecule has 0 spiro atoms. The molecule has 0 aliphatic rings. The van der Waals surface area contributed by atoms with Crippen LogP contribution in [0.3, 0.4) is 0 Å². The van der Waals surface area contributed by atoms with Crippen molar-refractivity contribution in [1.82, 2.24) is 0 Å². The van der Waals surface area contributed by atoms with Gasteiger partial charge in [0.15, 0.2) is 0 Å². The number of rotatable bonds is 9. The van der Waals surface area contributed by atoms with Gasteiger partial charge in [-0.3, -0.25) is 0 Å². The number of carbonyl (C=O) groups is 1. The third-order valence-electron chi connectivity index (χ3n) is 2.39. The molecule has 0 aliphatic carbocycles. The Labute approximate surface area is 82.2 Å². The van der Waals surface area contributed by atoms with Crippen molar-refractivity contribution in [3.05, 3.63) is 12.7 Å². The van der Waals surface area contributed by atoms with Crippen LogP contribution in [0.1, 0.15) is 51.9 Å². The molecule has 1 heteroatoms. The van der Waals surface area contributed by atoms with E-state index in [0.717, 1.165) is 19.1 Å². The fraction of sp³-hybridized carbons (Fsp3) is 0.750. The predicted molar refractivity (Wildman–Crippen MR) is 57.7 cm³/mol. The predicted octanol–water partition coefficient (Wildman–Crippen LogP) is 3.74. The lowest BCUT2D eigenvalue weighted by Crippen LogP contribution is -1.95. The van der Waals surface area contributed by atoms with Crippen LogP contribution in [-0.2, 0) is 4.79 Å². The molecule has 1 nitrogen and oxygen atoms in total. The number of unbranched alkanes of at least 4 members (excludes halogenated alkanes) is 3. The minimum atomic E-state index is 0.696. The average Bonchev–Trinajstić information content (AvgIpc) is 2.16. The molecule has 0 saturated carbocycles. The topological polar surface area (TPSA) is 17.1 Å². The van der Waals surface area contributed by atoms with Crippen LogP contribution in [-0.4, -0.2) is 6.29 Å². The van der Waals surface area contributed by atoms with Crippen molar-refractivity contribution in [3.63, 3.8) is 0 Å². The fourth-order valence-corrected chi connectivity index (χ4v) is 1.56. The molecule has 0 saturated heterocycles. The quantitative estimate of drug-likeness (QED) is 0.301. The molecule has 76 valence electrons. The molecule has 13 heavy (non-hydrogen) atoms. The van der Waals surface area contributed by atoms with Gasteiger partial charge in [0, 0.05) is 6.42 Å². The first-order chi connectivity index (χ1) is 6.35. The molecule has 0 heterocycles. The van der Waals surface area contributed by atoms with Gasteiger partial charge in [-0.15, -0.1) is 6.58 Å². The van der Waals surface area contributed by atoms with E-state index in [1.807, 2.05) is 0 Å². The molecule has 0 aliphatic heterocycles. The summed E-state index contributed by atoms with van der Waals surface area (Å²) in [7, 11) is 0. The van der Waals surface area contributed by atoms with Crippen molar-refractivity contribution in [2.45, 2.75) is 51.9 Å². The smallest absolute Gasteiger partial charge is 0.119 e. The summed E-state index contributed by atoms with van der Waals surface area (Å²) >= 11 is 0. The number of hydrogen-bond donors (Lipinski definition) is 0. The SMILES string of the molecule is C=CC(CCC)CCCCCC=O. The van der Waals surface area contributed by atoms with Crippen LogP contribution in [0, 0.1) is 5.92 Å². The van der Waals surface area contributed by atoms with E-state index in [9.17, 15) is 4.79 Å². The minimum Gasteiger partial charge on any atom is -0.303 e. The third kappa shape index (κ3) is 7.76. The van der Waals surface area contributed by atoms with E-state index in [-0.39, 0.29) is 0 Å². The van der Waals surface area contributed by atoms with Gasteiger partial charge in [-0.05, 0) is 25.2 Å². The number of hydrogen-bond acceptors (Lipinski definition) is 1. The Bertz CT molecular complexity index is 129. The normalized spacial score (nSPS) is 12.4. The maximum Gasteiger partial charge on any atom is 0.119 e. The van der Waals surface area contributed by atoms with Crippen molar-refractivity contribution in [1.29, 1.82) is 0 Å². The van der Waals surface area contributed by atoms with Crippen molar-refractivity contribution in [2.24, 2.45) is 5.92 Å². The van der Waals surface area contributed by atoms with E-state index in [1.165, 1.54) is 32.1 Å². The highest BCUT2D eigenvalue weighted by Gasteiger charge is 2.01. The minimum absolute atomic E-state index is 0.696. The Kier molecular flexibility index (Phi) is 9.07. The highest BCUT2D eigenvalue weighted by Crippen LogP contribution is 2.16. The summed E-state index contributed by atoms with van der Waals surface area (Å²) in [5.41, 5.74) is 0. The number of carbonyl (C=O) groups excluding carboxylic acids is 1. The Hall–Kier alpha value is -0.590. The summed E-state index contributed by atoms with van der Waals surface area (Å²) < 4.78 is 0. The summed E-state index contributed by atoms with van der Waals surface area (Å²) in [6.07, 6.45) is 11.0. The van der Waals surface area contributed by atoms with Crippen LogP contribution < -0.4 is 0 Å². The van der Waals surface area contributed by atoms with Gasteiger partial charge in [0.2, 0.25) is 0 Å². The fourth-order valence-electron chi connectivity index (χ4n) is 1.56. The van der Waals surface area contributed by atoms with Gasteiger partial charge in [-0.1, -0.05) is 32.3 Å². The zero-order valence-corrected chi connectivity index (χ0v) is 8.80. The molecular weight excluding hydrogens is 160 g/mol. The largest absolute Gasteiger partial charge is 0.303 e. The number of allylic oxidation sites excluding steroid dienone is 1. The first-order valence-electron chi connectivity index (χ1n) is 5.41. The van der Waals surface area contributed by atoms with Crippen molar-refractivity contribution in [3.8, 4) is 0 Å². The lowest BCUT2D eigenvalue weighted by molar-refractivity contribution is -0.107. The second-order valence-electron chi connectivity index (χ2n) is 3.59. The third-order valence-corrected chi connectivity index (χ3v) is 2.39. The molecule has 0 rings (SSSR count).